The Morgan fingerprint density at radius 3 is 2.56 bits per heavy atom. The maximum Gasteiger partial charge on any atom is 0.373 e. The molecule has 2 aromatic rings. The van der Waals surface area contributed by atoms with Crippen molar-refractivity contribution in [2.24, 2.45) is 0 Å². The lowest BCUT2D eigenvalue weighted by molar-refractivity contribution is 0.0567. The Balaban J connectivity index is 2.74. The summed E-state index contributed by atoms with van der Waals surface area (Å²) >= 11 is 0. The molecule has 0 fully saturated rings. The van der Waals surface area contributed by atoms with Gasteiger partial charge in [-0.25, -0.2) is 9.59 Å². The highest BCUT2D eigenvalue weighted by atomic mass is 16.5. The molecular formula is C12H10O6. The molecule has 1 heterocycles. The van der Waals surface area contributed by atoms with Gasteiger partial charge in [-0.05, 0) is 12.1 Å². The van der Waals surface area contributed by atoms with Crippen molar-refractivity contribution >= 4 is 22.9 Å². The van der Waals surface area contributed by atoms with E-state index in [4.69, 9.17) is 14.3 Å². The molecule has 0 bridgehead atoms. The molecule has 0 unspecified atom stereocenters. The maximum absolute atomic E-state index is 11.4. The summed E-state index contributed by atoms with van der Waals surface area (Å²) in [5.41, 5.74) is 0.238. The normalized spacial score (nSPS) is 10.3. The van der Waals surface area contributed by atoms with Crippen molar-refractivity contribution in [3.05, 3.63) is 29.5 Å². The molecule has 0 aliphatic carbocycles. The fraction of sp³-hybridized carbons (Fsp3) is 0.167. The second kappa shape index (κ2) is 4.40. The predicted molar refractivity (Wildman–Crippen MR) is 61.1 cm³/mol. The smallest absolute Gasteiger partial charge is 0.373 e. The minimum Gasteiger partial charge on any atom is -0.493 e. The van der Waals surface area contributed by atoms with Gasteiger partial charge in [-0.2, -0.15) is 0 Å². The SMILES string of the molecule is COC(=O)c1cc2c(C(=O)O)ccc(OC)c2o1. The molecule has 0 aliphatic rings. The molecule has 0 radical (unpaired) electrons. The molecule has 94 valence electrons. The fourth-order valence-electron chi connectivity index (χ4n) is 1.65. The molecule has 1 N–H and O–H groups in total. The van der Waals surface area contributed by atoms with Crippen LogP contribution in [0.3, 0.4) is 0 Å². The number of hydrogen-bond acceptors (Lipinski definition) is 5. The first-order valence-corrected chi connectivity index (χ1v) is 5.00. The van der Waals surface area contributed by atoms with Gasteiger partial charge in [0.2, 0.25) is 5.76 Å². The largest absolute Gasteiger partial charge is 0.493 e. The van der Waals surface area contributed by atoms with E-state index in [1.807, 2.05) is 0 Å². The van der Waals surface area contributed by atoms with Crippen LogP contribution in [0, 0.1) is 0 Å². The highest BCUT2D eigenvalue weighted by Gasteiger charge is 2.20. The minimum absolute atomic E-state index is 0.0321. The number of methoxy groups -OCH3 is 2. The van der Waals surface area contributed by atoms with Gasteiger partial charge >= 0.3 is 11.9 Å². The van der Waals surface area contributed by atoms with Crippen LogP contribution < -0.4 is 4.74 Å². The topological polar surface area (TPSA) is 86.0 Å². The van der Waals surface area contributed by atoms with Gasteiger partial charge in [0.25, 0.3) is 0 Å². The molecule has 0 atom stereocenters. The van der Waals surface area contributed by atoms with Crippen molar-refractivity contribution in [3.63, 3.8) is 0 Å². The van der Waals surface area contributed by atoms with Crippen molar-refractivity contribution in [2.75, 3.05) is 14.2 Å². The van der Waals surface area contributed by atoms with Crippen LogP contribution in [-0.2, 0) is 4.74 Å². The Labute approximate surface area is 102 Å². The van der Waals surface area contributed by atoms with Crippen molar-refractivity contribution in [1.82, 2.24) is 0 Å². The molecule has 6 nitrogen and oxygen atoms in total. The summed E-state index contributed by atoms with van der Waals surface area (Å²) in [6.07, 6.45) is 0. The van der Waals surface area contributed by atoms with E-state index in [1.165, 1.54) is 32.4 Å². The summed E-state index contributed by atoms with van der Waals surface area (Å²) in [5.74, 6) is -1.51. The van der Waals surface area contributed by atoms with E-state index in [9.17, 15) is 9.59 Å². The predicted octanol–water partition coefficient (Wildman–Crippen LogP) is 1.93. The first kappa shape index (κ1) is 12.0. The number of fused-ring (bicyclic) bond motifs is 1. The Morgan fingerprint density at radius 2 is 2.00 bits per heavy atom. The van der Waals surface area contributed by atoms with Crippen LogP contribution in [0.25, 0.3) is 11.0 Å². The molecule has 6 heteroatoms. The zero-order chi connectivity index (χ0) is 13.3. The van der Waals surface area contributed by atoms with Crippen LogP contribution in [0.2, 0.25) is 0 Å². The number of carbonyl (C=O) groups excluding carboxylic acids is 1. The van der Waals surface area contributed by atoms with E-state index < -0.39 is 11.9 Å². The molecule has 2 rings (SSSR count). The Bertz CT molecular complexity index is 625. The number of rotatable bonds is 3. The van der Waals surface area contributed by atoms with Crippen LogP contribution in [-0.4, -0.2) is 31.3 Å². The molecular weight excluding hydrogens is 240 g/mol. The minimum atomic E-state index is -1.11. The molecule has 0 saturated carbocycles. The van der Waals surface area contributed by atoms with Gasteiger partial charge < -0.3 is 19.0 Å². The van der Waals surface area contributed by atoms with Crippen molar-refractivity contribution < 1.29 is 28.6 Å². The van der Waals surface area contributed by atoms with Gasteiger partial charge in [0.05, 0.1) is 19.8 Å². The van der Waals surface area contributed by atoms with E-state index in [1.54, 1.807) is 0 Å². The second-order valence-electron chi connectivity index (χ2n) is 3.47. The summed E-state index contributed by atoms with van der Waals surface area (Å²) in [7, 11) is 2.64. The number of esters is 1. The first-order chi connectivity index (χ1) is 8.58. The zero-order valence-electron chi connectivity index (χ0n) is 9.72. The van der Waals surface area contributed by atoms with E-state index in [-0.39, 0.29) is 16.9 Å². The van der Waals surface area contributed by atoms with Crippen LogP contribution in [0.4, 0.5) is 0 Å². The highest BCUT2D eigenvalue weighted by molar-refractivity contribution is 6.06. The fourth-order valence-corrected chi connectivity index (χ4v) is 1.65. The molecule has 1 aromatic heterocycles. The zero-order valence-corrected chi connectivity index (χ0v) is 9.72. The van der Waals surface area contributed by atoms with E-state index in [0.717, 1.165) is 0 Å². The maximum atomic E-state index is 11.4. The number of furan rings is 1. The van der Waals surface area contributed by atoms with Gasteiger partial charge in [-0.1, -0.05) is 0 Å². The van der Waals surface area contributed by atoms with Crippen molar-refractivity contribution in [1.29, 1.82) is 0 Å². The molecule has 0 spiro atoms. The van der Waals surface area contributed by atoms with Gasteiger partial charge in [0.1, 0.15) is 0 Å². The summed E-state index contributed by atoms with van der Waals surface area (Å²) in [6.45, 7) is 0. The number of ether oxygens (including phenoxy) is 2. The molecule has 0 amide bonds. The van der Waals surface area contributed by atoms with E-state index >= 15 is 0 Å². The third-order valence-electron chi connectivity index (χ3n) is 2.48. The number of aromatic carboxylic acids is 1. The summed E-state index contributed by atoms with van der Waals surface area (Å²) in [4.78, 5) is 22.4. The summed E-state index contributed by atoms with van der Waals surface area (Å²) in [6, 6.07) is 4.18. The number of carboxylic acids is 1. The average Bonchev–Trinajstić information content (AvgIpc) is 2.80. The van der Waals surface area contributed by atoms with Crippen molar-refractivity contribution in [2.45, 2.75) is 0 Å². The number of hydrogen-bond donors (Lipinski definition) is 1. The summed E-state index contributed by atoms with van der Waals surface area (Å²) < 4.78 is 14.8. The molecule has 18 heavy (non-hydrogen) atoms. The third kappa shape index (κ3) is 1.77. The average molecular weight is 250 g/mol. The molecule has 1 aromatic carbocycles. The van der Waals surface area contributed by atoms with Crippen LogP contribution in [0.5, 0.6) is 5.75 Å². The van der Waals surface area contributed by atoms with Gasteiger partial charge in [0, 0.05) is 11.5 Å². The number of carbonyl (C=O) groups is 2. The summed E-state index contributed by atoms with van der Waals surface area (Å²) in [5, 5.41) is 9.35. The second-order valence-corrected chi connectivity index (χ2v) is 3.47. The Hall–Kier alpha value is -2.50. The lowest BCUT2D eigenvalue weighted by atomic mass is 10.1. The Morgan fingerprint density at radius 1 is 1.28 bits per heavy atom. The van der Waals surface area contributed by atoms with Gasteiger partial charge in [0.15, 0.2) is 11.3 Å². The van der Waals surface area contributed by atoms with Crippen LogP contribution >= 0.6 is 0 Å². The Kier molecular flexibility index (Phi) is 2.93. The van der Waals surface area contributed by atoms with Gasteiger partial charge in [-0.3, -0.25) is 0 Å². The lowest BCUT2D eigenvalue weighted by Gasteiger charge is -2.02. The van der Waals surface area contributed by atoms with E-state index in [0.29, 0.717) is 11.1 Å². The van der Waals surface area contributed by atoms with Gasteiger partial charge in [-0.15, -0.1) is 0 Å². The molecule has 0 saturated heterocycles. The number of benzene rings is 1. The third-order valence-corrected chi connectivity index (χ3v) is 2.48. The van der Waals surface area contributed by atoms with Crippen LogP contribution in [0.1, 0.15) is 20.9 Å². The molecule has 0 aliphatic heterocycles. The lowest BCUT2D eigenvalue weighted by Crippen LogP contribution is -1.98. The monoisotopic (exact) mass is 250 g/mol. The quantitative estimate of drug-likeness (QED) is 0.837. The number of carboxylic acid groups (broad SMARTS) is 1. The van der Waals surface area contributed by atoms with Crippen molar-refractivity contribution in [3.8, 4) is 5.75 Å². The standard InChI is InChI=1S/C12H10O6/c1-16-8-4-3-6(11(13)14)7-5-9(12(15)17-2)18-10(7)8/h3-5H,1-2H3,(H,13,14). The highest BCUT2D eigenvalue weighted by Crippen LogP contribution is 2.31. The first-order valence-electron chi connectivity index (χ1n) is 5.00. The van der Waals surface area contributed by atoms with Crippen LogP contribution in [0.15, 0.2) is 22.6 Å². The van der Waals surface area contributed by atoms with E-state index in [2.05, 4.69) is 4.74 Å².